The van der Waals surface area contributed by atoms with E-state index in [1.54, 1.807) is 71.1 Å². The Balaban J connectivity index is 1.09. The molecule has 0 radical (unpaired) electrons. The Morgan fingerprint density at radius 3 is 1.69 bits per heavy atom. The standard InChI is InChI=1S/C53H72N2O13/c1-54(24-21-36-31-47(64-9)52(66-11)53(67-12)49(36)40(54)27-34-28-45(62-7)51(65-10)46(29-34)63-8)23-14-26-68-48(57)19-17-38(56)15-13-22-55(2)25-20-35-30-43(60-5)44(61-6)33-39(35)50(55)37-16-18-41(58-3)42(32-37)59-4/h16,18,28-33,40,50H,13-15,17,19-27H2,1-12H3/q+2. The summed E-state index contributed by atoms with van der Waals surface area (Å²) in [6.07, 6.45) is 4.05. The van der Waals surface area contributed by atoms with Crippen molar-refractivity contribution in [3.63, 3.8) is 0 Å². The predicted molar refractivity (Wildman–Crippen MR) is 258 cm³/mol. The molecule has 4 unspecified atom stereocenters. The molecule has 4 aromatic rings. The molecule has 2 heterocycles. The lowest BCUT2D eigenvalue weighted by Crippen LogP contribution is -2.52. The van der Waals surface area contributed by atoms with Gasteiger partial charge in [0.05, 0.1) is 130 Å². The molecule has 0 bridgehead atoms. The van der Waals surface area contributed by atoms with Gasteiger partial charge in [-0.3, -0.25) is 9.59 Å². The van der Waals surface area contributed by atoms with Crippen LogP contribution in [0.25, 0.3) is 0 Å². The number of ketones is 1. The fourth-order valence-electron chi connectivity index (χ4n) is 10.5. The Kier molecular flexibility index (Phi) is 17.2. The van der Waals surface area contributed by atoms with Crippen molar-refractivity contribution < 1.29 is 70.7 Å². The third-order valence-electron chi connectivity index (χ3n) is 14.1. The summed E-state index contributed by atoms with van der Waals surface area (Å²) < 4.78 is 64.6. The topological polar surface area (TPSA) is 136 Å². The van der Waals surface area contributed by atoms with Crippen LogP contribution in [-0.4, -0.2) is 139 Å². The first-order valence-corrected chi connectivity index (χ1v) is 23.2. The van der Waals surface area contributed by atoms with Crippen LogP contribution in [0.2, 0.25) is 0 Å². The minimum Gasteiger partial charge on any atom is -0.493 e. The molecule has 2 aliphatic heterocycles. The zero-order valence-electron chi connectivity index (χ0n) is 42.2. The number of nitrogens with zero attached hydrogens (tertiary/aromatic N) is 2. The van der Waals surface area contributed by atoms with Gasteiger partial charge in [0.25, 0.3) is 0 Å². The van der Waals surface area contributed by atoms with Crippen LogP contribution < -0.4 is 47.4 Å². The highest BCUT2D eigenvalue weighted by Gasteiger charge is 2.44. The summed E-state index contributed by atoms with van der Waals surface area (Å²) in [5.41, 5.74) is 6.58. The number of carbonyl (C=O) groups excluding carboxylic acids is 2. The Morgan fingerprint density at radius 1 is 0.529 bits per heavy atom. The fraction of sp³-hybridized carbons (Fsp3) is 0.509. The molecule has 15 nitrogen and oxygen atoms in total. The third-order valence-corrected chi connectivity index (χ3v) is 14.1. The van der Waals surface area contributed by atoms with E-state index in [1.165, 1.54) is 5.56 Å². The zero-order valence-corrected chi connectivity index (χ0v) is 42.2. The number of hydrogen-bond donors (Lipinski definition) is 0. The zero-order chi connectivity index (χ0) is 49.2. The van der Waals surface area contributed by atoms with Crippen LogP contribution in [0.5, 0.6) is 57.5 Å². The van der Waals surface area contributed by atoms with Crippen LogP contribution in [0.15, 0.2) is 48.5 Å². The van der Waals surface area contributed by atoms with E-state index in [-0.39, 0.29) is 43.3 Å². The van der Waals surface area contributed by atoms with Gasteiger partial charge in [-0.2, -0.15) is 0 Å². The Labute approximate surface area is 402 Å². The SMILES string of the molecule is COc1ccc(C2c3cc(OC)c(OC)cc3CC[N+]2(C)CCCC(=O)CCC(=O)OCCC[N+]2(C)CCc3cc(OC)c(OC)c(OC)c3C2Cc2cc(OC)c(OC)c(OC)c2)cc1OC. The van der Waals surface area contributed by atoms with Crippen LogP contribution in [0.4, 0.5) is 0 Å². The van der Waals surface area contributed by atoms with Crippen LogP contribution in [0.3, 0.4) is 0 Å². The smallest absolute Gasteiger partial charge is 0.306 e. The number of carbonyl (C=O) groups is 2. The summed E-state index contributed by atoms with van der Waals surface area (Å²) in [7, 11) is 20.8. The highest BCUT2D eigenvalue weighted by Crippen LogP contribution is 2.51. The van der Waals surface area contributed by atoms with Crippen molar-refractivity contribution in [1.82, 2.24) is 0 Å². The van der Waals surface area contributed by atoms with Crippen LogP contribution >= 0.6 is 0 Å². The number of quaternary nitrogens is 2. The number of Topliss-reactive ketones (excluding diaryl/α,β-unsaturated/α-hetero) is 1. The van der Waals surface area contributed by atoms with Crippen molar-refractivity contribution in [1.29, 1.82) is 0 Å². The van der Waals surface area contributed by atoms with E-state index in [0.717, 1.165) is 60.3 Å². The van der Waals surface area contributed by atoms with Gasteiger partial charge in [-0.05, 0) is 65.2 Å². The van der Waals surface area contributed by atoms with Gasteiger partial charge < -0.3 is 61.1 Å². The minimum atomic E-state index is -0.373. The summed E-state index contributed by atoms with van der Waals surface area (Å²) >= 11 is 0. The second-order valence-corrected chi connectivity index (χ2v) is 18.0. The van der Waals surface area contributed by atoms with Gasteiger partial charge in [-0.1, -0.05) is 0 Å². The molecule has 15 heteroatoms. The molecule has 4 atom stereocenters. The van der Waals surface area contributed by atoms with Crippen molar-refractivity contribution >= 4 is 11.8 Å². The lowest BCUT2D eigenvalue weighted by Gasteiger charge is -2.46. The van der Waals surface area contributed by atoms with Gasteiger partial charge in [-0.25, -0.2) is 0 Å². The summed E-state index contributed by atoms with van der Waals surface area (Å²) in [4.78, 5) is 26.5. The number of likely N-dealkylation sites (N-methyl/N-ethyl adjacent to an activating group) is 2. The molecule has 0 amide bonds. The summed E-state index contributed by atoms with van der Waals surface area (Å²) in [6.45, 7) is 3.38. The first-order chi connectivity index (χ1) is 32.8. The molecule has 0 spiro atoms. The average molecular weight is 945 g/mol. The average Bonchev–Trinajstić information content (AvgIpc) is 3.36. The first kappa shape index (κ1) is 51.3. The number of rotatable bonds is 24. The maximum Gasteiger partial charge on any atom is 0.306 e. The van der Waals surface area contributed by atoms with Gasteiger partial charge in [0.1, 0.15) is 17.9 Å². The second kappa shape index (κ2) is 22.8. The number of methoxy groups -OCH3 is 10. The van der Waals surface area contributed by atoms with Gasteiger partial charge in [0.2, 0.25) is 11.5 Å². The minimum absolute atomic E-state index is 0.0380. The van der Waals surface area contributed by atoms with Crippen LogP contribution in [0, 0.1) is 0 Å². The van der Waals surface area contributed by atoms with E-state index in [0.29, 0.717) is 98.7 Å². The molecule has 4 aromatic carbocycles. The molecule has 0 aliphatic carbocycles. The van der Waals surface area contributed by atoms with Crippen LogP contribution in [0.1, 0.15) is 77.6 Å². The van der Waals surface area contributed by atoms with E-state index >= 15 is 0 Å². The highest BCUT2D eigenvalue weighted by atomic mass is 16.5. The van der Waals surface area contributed by atoms with Gasteiger partial charge in [0, 0.05) is 56.1 Å². The van der Waals surface area contributed by atoms with E-state index in [1.807, 2.05) is 30.3 Å². The molecule has 0 N–H and O–H groups in total. The number of esters is 1. The van der Waals surface area contributed by atoms with Crippen LogP contribution in [-0.2, 0) is 33.6 Å². The molecule has 2 aliphatic rings. The number of benzene rings is 4. The lowest BCUT2D eigenvalue weighted by atomic mass is 9.85. The molecule has 0 fully saturated rings. The van der Waals surface area contributed by atoms with Crippen molar-refractivity contribution in [3.05, 3.63) is 81.9 Å². The normalized spacial score (nSPS) is 19.4. The molecule has 0 saturated heterocycles. The second-order valence-electron chi connectivity index (χ2n) is 18.0. The maximum atomic E-state index is 13.3. The van der Waals surface area contributed by atoms with E-state index in [4.69, 9.17) is 52.1 Å². The van der Waals surface area contributed by atoms with Crippen molar-refractivity contribution in [3.8, 4) is 57.5 Å². The quantitative estimate of drug-likeness (QED) is 0.0383. The van der Waals surface area contributed by atoms with Gasteiger partial charge >= 0.3 is 5.97 Å². The fourth-order valence-corrected chi connectivity index (χ4v) is 10.5. The Bertz CT molecular complexity index is 2380. The highest BCUT2D eigenvalue weighted by molar-refractivity contribution is 5.82. The van der Waals surface area contributed by atoms with Gasteiger partial charge in [0.15, 0.2) is 46.0 Å². The Morgan fingerprint density at radius 2 is 1.07 bits per heavy atom. The third kappa shape index (κ3) is 10.8. The molecular weight excluding hydrogens is 873 g/mol. The molecular formula is C53H72N2O13+2. The summed E-state index contributed by atoms with van der Waals surface area (Å²) in [6, 6.07) is 16.1. The maximum absolute atomic E-state index is 13.3. The number of fused-ring (bicyclic) bond motifs is 2. The van der Waals surface area contributed by atoms with E-state index < -0.39 is 0 Å². The Hall–Kier alpha value is -6.06. The van der Waals surface area contributed by atoms with E-state index in [9.17, 15) is 9.59 Å². The largest absolute Gasteiger partial charge is 0.493 e. The lowest BCUT2D eigenvalue weighted by molar-refractivity contribution is -0.941. The monoisotopic (exact) mass is 945 g/mol. The molecule has 370 valence electrons. The van der Waals surface area contributed by atoms with E-state index in [2.05, 4.69) is 32.3 Å². The summed E-state index contributed by atoms with van der Waals surface area (Å²) in [5, 5.41) is 0. The first-order valence-electron chi connectivity index (χ1n) is 23.2. The van der Waals surface area contributed by atoms with Crippen molar-refractivity contribution in [2.75, 3.05) is 118 Å². The molecule has 68 heavy (non-hydrogen) atoms. The molecule has 6 rings (SSSR count). The molecule has 0 saturated carbocycles. The van der Waals surface area contributed by atoms with Crippen molar-refractivity contribution in [2.24, 2.45) is 0 Å². The predicted octanol–water partition coefficient (Wildman–Crippen LogP) is 7.91. The molecule has 0 aromatic heterocycles. The number of ether oxygens (including phenoxy) is 11. The van der Waals surface area contributed by atoms with Crippen molar-refractivity contribution in [2.45, 2.75) is 63.5 Å². The summed E-state index contributed by atoms with van der Waals surface area (Å²) in [5.74, 6) is 5.80. The number of hydrogen-bond acceptors (Lipinski definition) is 13. The van der Waals surface area contributed by atoms with Gasteiger partial charge in [-0.15, -0.1) is 0 Å².